The summed E-state index contributed by atoms with van der Waals surface area (Å²) in [5.41, 5.74) is 1.43. The molecule has 2 heterocycles. The van der Waals surface area contributed by atoms with Crippen LogP contribution >= 0.6 is 0 Å². The number of nitrogens with one attached hydrogen (secondary N) is 1. The zero-order valence-electron chi connectivity index (χ0n) is 11.7. The average molecular weight is 288 g/mol. The predicted octanol–water partition coefficient (Wildman–Crippen LogP) is 2.07. The summed E-state index contributed by atoms with van der Waals surface area (Å²) in [4.78, 5) is 12.0. The molecule has 1 aliphatic heterocycles. The normalized spacial score (nSPS) is 12.4. The van der Waals surface area contributed by atoms with E-state index in [2.05, 4.69) is 10.5 Å². The summed E-state index contributed by atoms with van der Waals surface area (Å²) >= 11 is 0. The van der Waals surface area contributed by atoms with Gasteiger partial charge in [-0.15, -0.1) is 0 Å². The standard InChI is InChI=1S/C15H16N2O4/c1-10-7-12(21-17-10)3-2-6-16-15(18)11-4-5-13-14(8-11)20-9-19-13/h4-5,7-8H,2-3,6,9H2,1H3,(H,16,18). The molecule has 0 saturated heterocycles. The Hall–Kier alpha value is -2.50. The van der Waals surface area contributed by atoms with Crippen molar-refractivity contribution >= 4 is 5.91 Å². The second kappa shape index (κ2) is 5.87. The summed E-state index contributed by atoms with van der Waals surface area (Å²) in [6.45, 7) is 2.67. The summed E-state index contributed by atoms with van der Waals surface area (Å²) in [6, 6.07) is 7.06. The molecule has 1 amide bonds. The topological polar surface area (TPSA) is 73.6 Å². The third-order valence-corrected chi connectivity index (χ3v) is 3.20. The molecule has 6 heteroatoms. The van der Waals surface area contributed by atoms with Crippen molar-refractivity contribution < 1.29 is 18.8 Å². The Morgan fingerprint density at radius 3 is 2.95 bits per heavy atom. The number of amides is 1. The van der Waals surface area contributed by atoms with Crippen LogP contribution in [0.25, 0.3) is 0 Å². The van der Waals surface area contributed by atoms with Crippen LogP contribution in [0.3, 0.4) is 0 Å². The molecule has 0 radical (unpaired) electrons. The molecule has 0 atom stereocenters. The quantitative estimate of drug-likeness (QED) is 0.853. The molecular formula is C15H16N2O4. The van der Waals surface area contributed by atoms with Gasteiger partial charge in [0, 0.05) is 24.6 Å². The minimum Gasteiger partial charge on any atom is -0.454 e. The highest BCUT2D eigenvalue weighted by Gasteiger charge is 2.15. The van der Waals surface area contributed by atoms with Gasteiger partial charge in [0.2, 0.25) is 6.79 Å². The van der Waals surface area contributed by atoms with Crippen molar-refractivity contribution in [3.8, 4) is 11.5 Å². The number of ether oxygens (including phenoxy) is 2. The van der Waals surface area contributed by atoms with Gasteiger partial charge in [0.25, 0.3) is 5.91 Å². The first-order valence-corrected chi connectivity index (χ1v) is 6.82. The fourth-order valence-corrected chi connectivity index (χ4v) is 2.14. The van der Waals surface area contributed by atoms with Gasteiger partial charge in [-0.2, -0.15) is 0 Å². The van der Waals surface area contributed by atoms with Gasteiger partial charge in [-0.25, -0.2) is 0 Å². The van der Waals surface area contributed by atoms with E-state index in [4.69, 9.17) is 14.0 Å². The fraction of sp³-hybridized carbons (Fsp3) is 0.333. The number of nitrogens with zero attached hydrogens (tertiary/aromatic N) is 1. The Morgan fingerprint density at radius 2 is 2.14 bits per heavy atom. The second-order valence-electron chi connectivity index (χ2n) is 4.86. The second-order valence-corrected chi connectivity index (χ2v) is 4.86. The average Bonchev–Trinajstić information content (AvgIpc) is 3.11. The van der Waals surface area contributed by atoms with E-state index in [0.29, 0.717) is 23.6 Å². The van der Waals surface area contributed by atoms with E-state index in [9.17, 15) is 4.79 Å². The summed E-state index contributed by atoms with van der Waals surface area (Å²) in [6.07, 6.45) is 1.55. The van der Waals surface area contributed by atoms with Crippen LogP contribution in [0.4, 0.5) is 0 Å². The van der Waals surface area contributed by atoms with Crippen LogP contribution in [-0.4, -0.2) is 24.4 Å². The largest absolute Gasteiger partial charge is 0.454 e. The highest BCUT2D eigenvalue weighted by molar-refractivity contribution is 5.94. The first kappa shape index (κ1) is 13.5. The van der Waals surface area contributed by atoms with Crippen LogP contribution in [0.2, 0.25) is 0 Å². The van der Waals surface area contributed by atoms with Crippen molar-refractivity contribution in [3.63, 3.8) is 0 Å². The highest BCUT2D eigenvalue weighted by Crippen LogP contribution is 2.32. The van der Waals surface area contributed by atoms with Gasteiger partial charge in [-0.3, -0.25) is 4.79 Å². The molecule has 21 heavy (non-hydrogen) atoms. The van der Waals surface area contributed by atoms with Crippen molar-refractivity contribution in [2.24, 2.45) is 0 Å². The molecule has 0 fully saturated rings. The number of hydrogen-bond donors (Lipinski definition) is 1. The SMILES string of the molecule is Cc1cc(CCCNC(=O)c2ccc3c(c2)OCO3)on1. The van der Waals surface area contributed by atoms with E-state index in [1.807, 2.05) is 13.0 Å². The third kappa shape index (κ3) is 3.16. The number of aryl methyl sites for hydroxylation is 2. The fourth-order valence-electron chi connectivity index (χ4n) is 2.14. The van der Waals surface area contributed by atoms with Gasteiger partial charge >= 0.3 is 0 Å². The number of carbonyl (C=O) groups excluding carboxylic acids is 1. The Morgan fingerprint density at radius 1 is 1.29 bits per heavy atom. The summed E-state index contributed by atoms with van der Waals surface area (Å²) in [5, 5.41) is 6.69. The van der Waals surface area contributed by atoms with E-state index in [-0.39, 0.29) is 12.7 Å². The number of aromatic nitrogens is 1. The zero-order valence-corrected chi connectivity index (χ0v) is 11.7. The predicted molar refractivity (Wildman–Crippen MR) is 74.5 cm³/mol. The molecule has 0 saturated carbocycles. The van der Waals surface area contributed by atoms with Crippen LogP contribution in [0.5, 0.6) is 11.5 Å². The van der Waals surface area contributed by atoms with Gasteiger partial charge in [0.1, 0.15) is 5.76 Å². The van der Waals surface area contributed by atoms with Crippen LogP contribution in [0, 0.1) is 6.92 Å². The molecule has 0 spiro atoms. The molecule has 6 nitrogen and oxygen atoms in total. The Balaban J connectivity index is 1.48. The molecule has 1 aromatic heterocycles. The number of benzene rings is 1. The van der Waals surface area contributed by atoms with Crippen molar-refractivity contribution in [1.29, 1.82) is 0 Å². The van der Waals surface area contributed by atoms with E-state index in [0.717, 1.165) is 24.3 Å². The van der Waals surface area contributed by atoms with Gasteiger partial charge in [0.15, 0.2) is 11.5 Å². The number of carbonyl (C=O) groups is 1. The zero-order chi connectivity index (χ0) is 14.7. The van der Waals surface area contributed by atoms with E-state index < -0.39 is 0 Å². The minimum absolute atomic E-state index is 0.123. The molecule has 2 aromatic rings. The summed E-state index contributed by atoms with van der Waals surface area (Å²) in [7, 11) is 0. The molecule has 1 aromatic carbocycles. The molecule has 1 aliphatic rings. The minimum atomic E-state index is -0.123. The smallest absolute Gasteiger partial charge is 0.251 e. The van der Waals surface area contributed by atoms with Crippen molar-refractivity contribution in [2.45, 2.75) is 19.8 Å². The molecule has 110 valence electrons. The van der Waals surface area contributed by atoms with Crippen LogP contribution < -0.4 is 14.8 Å². The maximum atomic E-state index is 12.0. The van der Waals surface area contributed by atoms with Crippen molar-refractivity contribution in [1.82, 2.24) is 10.5 Å². The molecule has 0 unspecified atom stereocenters. The van der Waals surface area contributed by atoms with E-state index in [1.54, 1.807) is 18.2 Å². The van der Waals surface area contributed by atoms with Gasteiger partial charge < -0.3 is 19.3 Å². The number of hydrogen-bond acceptors (Lipinski definition) is 5. The maximum Gasteiger partial charge on any atom is 0.251 e. The number of rotatable bonds is 5. The highest BCUT2D eigenvalue weighted by atomic mass is 16.7. The lowest BCUT2D eigenvalue weighted by atomic mass is 10.2. The molecule has 1 N–H and O–H groups in total. The Kier molecular flexibility index (Phi) is 3.77. The summed E-state index contributed by atoms with van der Waals surface area (Å²) in [5.74, 6) is 2.00. The molecule has 3 rings (SSSR count). The molecular weight excluding hydrogens is 272 g/mol. The van der Waals surface area contributed by atoms with Crippen LogP contribution in [-0.2, 0) is 6.42 Å². The molecule has 0 bridgehead atoms. The van der Waals surface area contributed by atoms with Gasteiger partial charge in [-0.1, -0.05) is 5.16 Å². The lowest BCUT2D eigenvalue weighted by Gasteiger charge is -2.05. The summed E-state index contributed by atoms with van der Waals surface area (Å²) < 4.78 is 15.6. The van der Waals surface area contributed by atoms with Crippen molar-refractivity contribution in [3.05, 3.63) is 41.3 Å². The van der Waals surface area contributed by atoms with E-state index >= 15 is 0 Å². The van der Waals surface area contributed by atoms with E-state index in [1.165, 1.54) is 0 Å². The lowest BCUT2D eigenvalue weighted by Crippen LogP contribution is -2.24. The van der Waals surface area contributed by atoms with Crippen LogP contribution in [0.1, 0.15) is 28.2 Å². The van der Waals surface area contributed by atoms with Crippen molar-refractivity contribution in [2.75, 3.05) is 13.3 Å². The first-order valence-electron chi connectivity index (χ1n) is 6.82. The molecule has 0 aliphatic carbocycles. The lowest BCUT2D eigenvalue weighted by molar-refractivity contribution is 0.0952. The van der Waals surface area contributed by atoms with Gasteiger partial charge in [0.05, 0.1) is 5.69 Å². The van der Waals surface area contributed by atoms with Crippen LogP contribution in [0.15, 0.2) is 28.8 Å². The Labute approximate surface area is 122 Å². The maximum absolute atomic E-state index is 12.0. The number of fused-ring (bicyclic) bond motifs is 1. The third-order valence-electron chi connectivity index (χ3n) is 3.20. The van der Waals surface area contributed by atoms with Gasteiger partial charge in [-0.05, 0) is 31.5 Å². The first-order chi connectivity index (χ1) is 10.2. The monoisotopic (exact) mass is 288 g/mol. The Bertz CT molecular complexity index is 651.